The summed E-state index contributed by atoms with van der Waals surface area (Å²) in [5.41, 5.74) is 4.88. The van der Waals surface area contributed by atoms with Gasteiger partial charge in [0.15, 0.2) is 0 Å². The van der Waals surface area contributed by atoms with Crippen LogP contribution in [0.1, 0.15) is 33.6 Å². The van der Waals surface area contributed by atoms with Crippen LogP contribution in [0.3, 0.4) is 0 Å². The maximum absolute atomic E-state index is 13.6. The lowest BCUT2D eigenvalue weighted by atomic mass is 10.0. The molecule has 0 radical (unpaired) electrons. The molecular formula is C12H20F2N2O2. The first-order valence-electron chi connectivity index (χ1n) is 6.27. The zero-order chi connectivity index (χ0) is 13.7. The van der Waals surface area contributed by atoms with E-state index in [-0.39, 0.29) is 12.6 Å². The third kappa shape index (κ3) is 2.18. The Hall–Kier alpha value is -0.910. The largest absolute Gasteiger partial charge is 0.444 e. The molecule has 2 fully saturated rings. The van der Waals surface area contributed by atoms with Crippen LogP contribution in [0.15, 0.2) is 0 Å². The second-order valence-corrected chi connectivity index (χ2v) is 6.08. The van der Waals surface area contributed by atoms with Crippen molar-refractivity contribution >= 4 is 6.09 Å². The minimum absolute atomic E-state index is 0.193. The molecule has 2 N–H and O–H groups in total. The van der Waals surface area contributed by atoms with E-state index >= 15 is 0 Å². The summed E-state index contributed by atoms with van der Waals surface area (Å²) >= 11 is 0. The highest BCUT2D eigenvalue weighted by Crippen LogP contribution is 2.58. The highest BCUT2D eigenvalue weighted by atomic mass is 19.3. The Morgan fingerprint density at radius 2 is 2.06 bits per heavy atom. The average molecular weight is 262 g/mol. The van der Waals surface area contributed by atoms with Crippen LogP contribution in [-0.4, -0.2) is 41.1 Å². The number of amides is 1. The Labute approximate surface area is 105 Å². The van der Waals surface area contributed by atoms with Crippen molar-refractivity contribution in [3.63, 3.8) is 0 Å². The molecule has 0 bridgehead atoms. The Kier molecular flexibility index (Phi) is 3.04. The number of carbonyl (C=O) groups excluding carboxylic acids is 1. The quantitative estimate of drug-likeness (QED) is 0.786. The molecule has 2 unspecified atom stereocenters. The number of ether oxygens (including phenoxy) is 1. The van der Waals surface area contributed by atoms with E-state index in [2.05, 4.69) is 0 Å². The zero-order valence-corrected chi connectivity index (χ0v) is 11.0. The molecule has 104 valence electrons. The predicted octanol–water partition coefficient (Wildman–Crippen LogP) is 1.98. The monoisotopic (exact) mass is 262 g/mol. The molecule has 0 aromatic rings. The van der Waals surface area contributed by atoms with E-state index in [1.807, 2.05) is 0 Å². The van der Waals surface area contributed by atoms with Gasteiger partial charge in [0, 0.05) is 12.6 Å². The van der Waals surface area contributed by atoms with E-state index in [9.17, 15) is 13.6 Å². The minimum Gasteiger partial charge on any atom is -0.444 e. The van der Waals surface area contributed by atoms with E-state index in [1.54, 1.807) is 20.8 Å². The molecule has 1 amide bonds. The fraction of sp³-hybridized carbons (Fsp3) is 0.917. The Morgan fingerprint density at radius 3 is 2.56 bits per heavy atom. The number of nitrogens with zero attached hydrogens (tertiary/aromatic N) is 1. The summed E-state index contributed by atoms with van der Waals surface area (Å²) < 4.78 is 32.3. The van der Waals surface area contributed by atoms with Gasteiger partial charge in [0.1, 0.15) is 11.6 Å². The molecule has 1 saturated carbocycles. The molecule has 0 spiro atoms. The van der Waals surface area contributed by atoms with Gasteiger partial charge in [0.25, 0.3) is 5.92 Å². The molecule has 0 aromatic heterocycles. The molecule has 1 aliphatic carbocycles. The number of hydrogen-bond donors (Lipinski definition) is 1. The van der Waals surface area contributed by atoms with Crippen molar-refractivity contribution in [2.24, 2.45) is 11.7 Å². The maximum Gasteiger partial charge on any atom is 0.411 e. The van der Waals surface area contributed by atoms with Crippen molar-refractivity contribution in [1.29, 1.82) is 0 Å². The van der Waals surface area contributed by atoms with Gasteiger partial charge >= 0.3 is 6.09 Å². The van der Waals surface area contributed by atoms with Crippen LogP contribution in [0.2, 0.25) is 0 Å². The number of halogens is 2. The average Bonchev–Trinajstić information content (AvgIpc) is 2.78. The van der Waals surface area contributed by atoms with Crippen LogP contribution in [-0.2, 0) is 4.74 Å². The van der Waals surface area contributed by atoms with Gasteiger partial charge in [-0.1, -0.05) is 0 Å². The molecule has 1 heterocycles. The molecule has 2 rings (SSSR count). The summed E-state index contributed by atoms with van der Waals surface area (Å²) in [5, 5.41) is 0. The van der Waals surface area contributed by atoms with E-state index in [0.29, 0.717) is 12.8 Å². The second kappa shape index (κ2) is 4.05. The molecule has 6 heteroatoms. The third-order valence-electron chi connectivity index (χ3n) is 3.54. The molecule has 0 aromatic carbocycles. The number of alkyl halides is 2. The summed E-state index contributed by atoms with van der Waals surface area (Å²) in [5.74, 6) is -3.49. The number of nitrogens with two attached hydrogens (primary N) is 1. The zero-order valence-electron chi connectivity index (χ0n) is 11.0. The van der Waals surface area contributed by atoms with Gasteiger partial charge in [0.05, 0.1) is 5.92 Å². The molecule has 1 aliphatic heterocycles. The lowest BCUT2D eigenvalue weighted by Crippen LogP contribution is -2.51. The third-order valence-corrected chi connectivity index (χ3v) is 3.54. The minimum atomic E-state index is -2.78. The van der Waals surface area contributed by atoms with E-state index in [0.717, 1.165) is 0 Å². The SMILES string of the molecule is CC(C)(C)OC(=O)N1C2C(CC[C@H]1CN)C2(F)F. The number of piperidine rings is 1. The molecule has 1 saturated heterocycles. The lowest BCUT2D eigenvalue weighted by Gasteiger charge is -2.35. The summed E-state index contributed by atoms with van der Waals surface area (Å²) in [4.78, 5) is 13.2. The highest BCUT2D eigenvalue weighted by molar-refractivity contribution is 5.70. The normalized spacial score (nSPS) is 33.9. The summed E-state index contributed by atoms with van der Waals surface area (Å²) in [6.07, 6.45) is 0.274. The van der Waals surface area contributed by atoms with Gasteiger partial charge in [-0.3, -0.25) is 4.90 Å². The number of hydrogen-bond acceptors (Lipinski definition) is 3. The van der Waals surface area contributed by atoms with Crippen LogP contribution >= 0.6 is 0 Å². The van der Waals surface area contributed by atoms with Gasteiger partial charge in [-0.05, 0) is 33.6 Å². The molecule has 4 nitrogen and oxygen atoms in total. The van der Waals surface area contributed by atoms with E-state index in [1.165, 1.54) is 4.90 Å². The van der Waals surface area contributed by atoms with Crippen molar-refractivity contribution in [2.75, 3.05) is 6.54 Å². The Morgan fingerprint density at radius 1 is 1.44 bits per heavy atom. The standard InChI is InChI=1S/C12H20F2N2O2/c1-11(2,3)18-10(17)16-7(6-15)4-5-8-9(16)12(8,13)14/h7-9H,4-6,15H2,1-3H3/t7-,8?,9?/m0/s1. The number of rotatable bonds is 1. The summed E-state index contributed by atoms with van der Waals surface area (Å²) in [6, 6.07) is -1.36. The van der Waals surface area contributed by atoms with Gasteiger partial charge in [-0.25, -0.2) is 13.6 Å². The van der Waals surface area contributed by atoms with Crippen molar-refractivity contribution in [2.45, 2.75) is 57.2 Å². The smallest absolute Gasteiger partial charge is 0.411 e. The van der Waals surface area contributed by atoms with Gasteiger partial charge in [-0.15, -0.1) is 0 Å². The fourth-order valence-corrected chi connectivity index (χ4v) is 2.65. The Bertz CT molecular complexity index is 354. The molecule has 18 heavy (non-hydrogen) atoms. The first kappa shape index (κ1) is 13.5. The van der Waals surface area contributed by atoms with Crippen molar-refractivity contribution in [3.05, 3.63) is 0 Å². The van der Waals surface area contributed by atoms with Gasteiger partial charge in [-0.2, -0.15) is 0 Å². The summed E-state index contributed by atoms with van der Waals surface area (Å²) in [6.45, 7) is 5.34. The van der Waals surface area contributed by atoms with E-state index < -0.39 is 29.6 Å². The topological polar surface area (TPSA) is 55.6 Å². The van der Waals surface area contributed by atoms with E-state index in [4.69, 9.17) is 10.5 Å². The van der Waals surface area contributed by atoms with Crippen molar-refractivity contribution < 1.29 is 18.3 Å². The van der Waals surface area contributed by atoms with Crippen molar-refractivity contribution in [3.8, 4) is 0 Å². The molecule has 3 atom stereocenters. The molecular weight excluding hydrogens is 242 g/mol. The second-order valence-electron chi connectivity index (χ2n) is 6.08. The van der Waals surface area contributed by atoms with Crippen LogP contribution in [0.5, 0.6) is 0 Å². The number of likely N-dealkylation sites (tertiary alicyclic amines) is 1. The van der Waals surface area contributed by atoms with Crippen LogP contribution in [0, 0.1) is 5.92 Å². The highest BCUT2D eigenvalue weighted by Gasteiger charge is 2.73. The first-order valence-corrected chi connectivity index (χ1v) is 6.27. The Balaban J connectivity index is 2.14. The van der Waals surface area contributed by atoms with Crippen molar-refractivity contribution in [1.82, 2.24) is 4.90 Å². The first-order chi connectivity index (χ1) is 8.18. The van der Waals surface area contributed by atoms with Gasteiger partial charge in [0.2, 0.25) is 0 Å². The van der Waals surface area contributed by atoms with Crippen LogP contribution in [0.4, 0.5) is 13.6 Å². The number of carbonyl (C=O) groups is 1. The lowest BCUT2D eigenvalue weighted by molar-refractivity contribution is -0.00187. The predicted molar refractivity (Wildman–Crippen MR) is 62.4 cm³/mol. The van der Waals surface area contributed by atoms with Crippen LogP contribution in [0.25, 0.3) is 0 Å². The van der Waals surface area contributed by atoms with Gasteiger partial charge < -0.3 is 10.5 Å². The molecule has 2 aliphatic rings. The summed E-state index contributed by atoms with van der Waals surface area (Å²) in [7, 11) is 0. The maximum atomic E-state index is 13.6. The fourth-order valence-electron chi connectivity index (χ4n) is 2.65. The number of fused-ring (bicyclic) bond motifs is 1. The van der Waals surface area contributed by atoms with Crippen LogP contribution < -0.4 is 5.73 Å².